The summed E-state index contributed by atoms with van der Waals surface area (Å²) in [5.74, 6) is 0.210. The quantitative estimate of drug-likeness (QED) is 0.363. The Morgan fingerprint density at radius 3 is 2.81 bits per heavy atom. The van der Waals surface area contributed by atoms with Gasteiger partial charge in [-0.15, -0.1) is 24.0 Å². The van der Waals surface area contributed by atoms with Gasteiger partial charge in [0.1, 0.15) is 5.82 Å². The van der Waals surface area contributed by atoms with E-state index >= 15 is 0 Å². The van der Waals surface area contributed by atoms with Gasteiger partial charge in [-0.3, -0.25) is 4.90 Å². The second kappa shape index (κ2) is 11.0. The molecule has 3 rings (SSSR count). The molecule has 2 fully saturated rings. The highest BCUT2D eigenvalue weighted by atomic mass is 127. The predicted molar refractivity (Wildman–Crippen MR) is 118 cm³/mol. The number of nitrogens with two attached hydrogens (primary N) is 1. The van der Waals surface area contributed by atoms with Gasteiger partial charge in [-0.2, -0.15) is 0 Å². The summed E-state index contributed by atoms with van der Waals surface area (Å²) >= 11 is 0. The highest BCUT2D eigenvalue weighted by molar-refractivity contribution is 14.0. The number of ether oxygens (including phenoxy) is 1. The first-order chi connectivity index (χ1) is 12.7. The summed E-state index contributed by atoms with van der Waals surface area (Å²) in [6.45, 7) is 8.34. The van der Waals surface area contributed by atoms with Crippen molar-refractivity contribution >= 4 is 35.6 Å². The molecule has 1 aromatic carbocycles. The van der Waals surface area contributed by atoms with Crippen LogP contribution in [0.3, 0.4) is 0 Å². The summed E-state index contributed by atoms with van der Waals surface area (Å²) in [6, 6.07) is 5.82. The Balaban J connectivity index is 0.00000261. The fourth-order valence-electron chi connectivity index (χ4n) is 3.71. The molecule has 0 amide bonds. The van der Waals surface area contributed by atoms with E-state index in [0.29, 0.717) is 37.4 Å². The second-order valence-electron chi connectivity index (χ2n) is 6.89. The van der Waals surface area contributed by atoms with Crippen molar-refractivity contribution in [2.75, 3.05) is 50.8 Å². The molecule has 0 aliphatic carbocycles. The summed E-state index contributed by atoms with van der Waals surface area (Å²) < 4.78 is 19.7. The first kappa shape index (κ1) is 22.2. The number of hydrogen-bond donors (Lipinski definition) is 2. The van der Waals surface area contributed by atoms with Gasteiger partial charge in [0.2, 0.25) is 0 Å². The maximum absolute atomic E-state index is 14.4. The van der Waals surface area contributed by atoms with Crippen LogP contribution in [0, 0.1) is 5.82 Å². The number of nitrogens with zero attached hydrogens (tertiary/aromatic N) is 3. The Bertz CT molecular complexity index is 624. The summed E-state index contributed by atoms with van der Waals surface area (Å²) in [5, 5.41) is 3.21. The molecule has 0 radical (unpaired) electrons. The highest BCUT2D eigenvalue weighted by Crippen LogP contribution is 2.22. The van der Waals surface area contributed by atoms with Crippen molar-refractivity contribution in [3.8, 4) is 0 Å². The van der Waals surface area contributed by atoms with Crippen LogP contribution in [-0.4, -0.2) is 62.8 Å². The number of guanidine groups is 1. The van der Waals surface area contributed by atoms with E-state index in [2.05, 4.69) is 22.1 Å². The van der Waals surface area contributed by atoms with E-state index in [1.807, 2.05) is 17.0 Å². The van der Waals surface area contributed by atoms with E-state index in [0.717, 1.165) is 38.3 Å². The van der Waals surface area contributed by atoms with Gasteiger partial charge >= 0.3 is 0 Å². The van der Waals surface area contributed by atoms with Crippen molar-refractivity contribution in [1.82, 2.24) is 10.2 Å². The van der Waals surface area contributed by atoms with Crippen molar-refractivity contribution in [3.63, 3.8) is 0 Å². The number of aliphatic imine (C=N–C) groups is 1. The fourth-order valence-corrected chi connectivity index (χ4v) is 3.71. The molecule has 2 saturated heterocycles. The molecular formula is C19H31FIN5O. The number of halogens is 2. The molecule has 0 aromatic heterocycles. The van der Waals surface area contributed by atoms with Crippen LogP contribution in [0.5, 0.6) is 0 Å². The zero-order chi connectivity index (χ0) is 18.4. The van der Waals surface area contributed by atoms with Crippen LogP contribution in [0.4, 0.5) is 10.1 Å². The molecule has 27 heavy (non-hydrogen) atoms. The monoisotopic (exact) mass is 491 g/mol. The van der Waals surface area contributed by atoms with Crippen molar-refractivity contribution in [1.29, 1.82) is 0 Å². The van der Waals surface area contributed by atoms with E-state index < -0.39 is 0 Å². The Hall–Kier alpha value is -1.13. The lowest BCUT2D eigenvalue weighted by molar-refractivity contribution is 0.122. The molecule has 152 valence electrons. The fraction of sp³-hybridized carbons (Fsp3) is 0.632. The maximum atomic E-state index is 14.4. The number of likely N-dealkylation sites (tertiary alicyclic amines) is 1. The average Bonchev–Trinajstić information content (AvgIpc) is 3.13. The van der Waals surface area contributed by atoms with E-state index in [1.54, 1.807) is 6.07 Å². The van der Waals surface area contributed by atoms with Crippen molar-refractivity contribution in [2.45, 2.75) is 32.4 Å². The zero-order valence-electron chi connectivity index (χ0n) is 16.0. The third kappa shape index (κ3) is 6.18. The van der Waals surface area contributed by atoms with Crippen LogP contribution >= 0.6 is 24.0 Å². The van der Waals surface area contributed by atoms with Crippen molar-refractivity contribution in [3.05, 3.63) is 29.6 Å². The third-order valence-electron chi connectivity index (χ3n) is 5.22. The number of hydrogen-bond acceptors (Lipinski definition) is 4. The molecule has 1 atom stereocenters. The average molecular weight is 491 g/mol. The standard InChI is InChI=1S/C19H30FN5O.HI/c1-2-24-7-3-4-16(24)14-23-19(21)22-13-15-5-6-18(17(20)12-15)25-8-10-26-11-9-25;/h5-6,12,16H,2-4,7-11,13-14H2,1H3,(H3,21,22,23);1H. The van der Waals surface area contributed by atoms with Crippen molar-refractivity contribution < 1.29 is 9.13 Å². The lowest BCUT2D eigenvalue weighted by Gasteiger charge is -2.29. The van der Waals surface area contributed by atoms with Crippen LogP contribution in [0.25, 0.3) is 0 Å². The molecule has 6 nitrogen and oxygen atoms in total. The molecule has 1 unspecified atom stereocenters. The number of benzene rings is 1. The first-order valence-corrected chi connectivity index (χ1v) is 9.56. The van der Waals surface area contributed by atoms with E-state index in [4.69, 9.17) is 10.5 Å². The molecule has 0 spiro atoms. The van der Waals surface area contributed by atoms with Crippen LogP contribution in [0.15, 0.2) is 23.2 Å². The predicted octanol–water partition coefficient (Wildman–Crippen LogP) is 2.17. The van der Waals surface area contributed by atoms with Crippen LogP contribution in [-0.2, 0) is 11.3 Å². The Morgan fingerprint density at radius 1 is 1.33 bits per heavy atom. The Morgan fingerprint density at radius 2 is 2.11 bits per heavy atom. The minimum atomic E-state index is -0.212. The lowest BCUT2D eigenvalue weighted by Crippen LogP contribution is -2.42. The summed E-state index contributed by atoms with van der Waals surface area (Å²) in [5.41, 5.74) is 7.43. The van der Waals surface area contributed by atoms with Crippen LogP contribution in [0.2, 0.25) is 0 Å². The second-order valence-corrected chi connectivity index (χ2v) is 6.89. The van der Waals surface area contributed by atoms with E-state index in [9.17, 15) is 4.39 Å². The van der Waals surface area contributed by atoms with Gasteiger partial charge in [-0.25, -0.2) is 9.38 Å². The van der Waals surface area contributed by atoms with Gasteiger partial charge in [0.25, 0.3) is 0 Å². The van der Waals surface area contributed by atoms with Crippen molar-refractivity contribution in [2.24, 2.45) is 10.7 Å². The minimum absolute atomic E-state index is 0. The molecule has 2 aliphatic heterocycles. The van der Waals surface area contributed by atoms with Gasteiger partial charge in [0.15, 0.2) is 5.96 Å². The van der Waals surface area contributed by atoms with Gasteiger partial charge in [-0.05, 0) is 43.6 Å². The largest absolute Gasteiger partial charge is 0.378 e. The van der Waals surface area contributed by atoms with Gasteiger partial charge in [0.05, 0.1) is 25.4 Å². The molecule has 1 aromatic rings. The third-order valence-corrected chi connectivity index (χ3v) is 5.22. The molecule has 3 N–H and O–H groups in total. The molecular weight excluding hydrogens is 460 g/mol. The number of morpholine rings is 1. The number of rotatable bonds is 6. The number of likely N-dealkylation sites (N-methyl/N-ethyl adjacent to an activating group) is 1. The minimum Gasteiger partial charge on any atom is -0.378 e. The topological polar surface area (TPSA) is 66.1 Å². The lowest BCUT2D eigenvalue weighted by atomic mass is 10.1. The van der Waals surface area contributed by atoms with Gasteiger partial charge in [0, 0.05) is 25.7 Å². The van der Waals surface area contributed by atoms with E-state index in [1.165, 1.54) is 12.8 Å². The summed E-state index contributed by atoms with van der Waals surface area (Å²) in [7, 11) is 0. The van der Waals surface area contributed by atoms with Gasteiger partial charge in [-0.1, -0.05) is 13.0 Å². The number of anilines is 1. The molecule has 2 aliphatic rings. The SMILES string of the molecule is CCN1CCCC1CNC(N)=NCc1ccc(N2CCOCC2)c(F)c1.I. The van der Waals surface area contributed by atoms with Gasteiger partial charge < -0.3 is 20.7 Å². The Labute approximate surface area is 178 Å². The highest BCUT2D eigenvalue weighted by Gasteiger charge is 2.22. The Kier molecular flexibility index (Phi) is 9.04. The summed E-state index contributed by atoms with van der Waals surface area (Å²) in [4.78, 5) is 8.83. The normalized spacial score (nSPS) is 21.2. The molecule has 0 saturated carbocycles. The van der Waals surface area contributed by atoms with Crippen LogP contribution in [0.1, 0.15) is 25.3 Å². The first-order valence-electron chi connectivity index (χ1n) is 9.56. The summed E-state index contributed by atoms with van der Waals surface area (Å²) in [6.07, 6.45) is 2.44. The smallest absolute Gasteiger partial charge is 0.188 e. The van der Waals surface area contributed by atoms with Crippen LogP contribution < -0.4 is 16.0 Å². The zero-order valence-corrected chi connectivity index (χ0v) is 18.3. The molecule has 8 heteroatoms. The van der Waals surface area contributed by atoms with E-state index in [-0.39, 0.29) is 29.8 Å². The molecule has 0 bridgehead atoms. The number of nitrogens with one attached hydrogen (secondary N) is 1. The molecule has 2 heterocycles. The maximum Gasteiger partial charge on any atom is 0.188 e.